The maximum absolute atomic E-state index is 12.4. The second kappa shape index (κ2) is 8.22. The van der Waals surface area contributed by atoms with Gasteiger partial charge in [-0.1, -0.05) is 32.4 Å². The second-order valence-corrected chi connectivity index (χ2v) is 8.86. The van der Waals surface area contributed by atoms with E-state index in [1.54, 1.807) is 13.1 Å². The van der Waals surface area contributed by atoms with Crippen molar-refractivity contribution >= 4 is 20.9 Å². The van der Waals surface area contributed by atoms with Crippen molar-refractivity contribution in [3.8, 4) is 0 Å². The first-order valence-corrected chi connectivity index (χ1v) is 10.9. The number of fused-ring (bicyclic) bond motifs is 1. The van der Waals surface area contributed by atoms with Crippen LogP contribution in [-0.2, 0) is 29.5 Å². The molecular weight excluding hydrogens is 364 g/mol. The zero-order valence-corrected chi connectivity index (χ0v) is 16.9. The van der Waals surface area contributed by atoms with Crippen LogP contribution in [0.25, 0.3) is 11.1 Å². The Morgan fingerprint density at radius 2 is 1.96 bits per heavy atom. The number of sulfone groups is 1. The zero-order chi connectivity index (χ0) is 19.4. The molecule has 0 amide bonds. The fourth-order valence-electron chi connectivity index (χ4n) is 3.00. The van der Waals surface area contributed by atoms with Crippen LogP contribution in [0.15, 0.2) is 40.0 Å². The number of benzene rings is 1. The molecule has 0 unspecified atom stereocenters. The fourth-order valence-corrected chi connectivity index (χ4v) is 4.02. The van der Waals surface area contributed by atoms with Gasteiger partial charge in [0.2, 0.25) is 20.9 Å². The summed E-state index contributed by atoms with van der Waals surface area (Å²) >= 11 is 0. The maximum Gasteiger partial charge on any atom is 0.227 e. The minimum Gasteiger partial charge on any atom is -0.439 e. The normalized spacial score (nSPS) is 12.3. The van der Waals surface area contributed by atoms with E-state index in [0.717, 1.165) is 29.6 Å². The smallest absolute Gasteiger partial charge is 0.227 e. The molecule has 2 heterocycles. The number of rotatable bonds is 9. The Morgan fingerprint density at radius 3 is 2.67 bits per heavy atom. The van der Waals surface area contributed by atoms with E-state index in [1.807, 2.05) is 40.8 Å². The van der Waals surface area contributed by atoms with Gasteiger partial charge in [-0.2, -0.15) is 0 Å². The number of hydrogen-bond donors (Lipinski definition) is 0. The van der Waals surface area contributed by atoms with E-state index in [2.05, 4.69) is 16.9 Å². The standard InChI is InChI=1S/C19H26N4O3S/c1-4-6-11-23-15(12-20-19(23)27(24,25)5-2)13-22(3)14-18-21-16-9-7-8-10-17(16)26-18/h7-10,12H,4-6,11,13-14H2,1-3H3. The molecule has 7 nitrogen and oxygen atoms in total. The lowest BCUT2D eigenvalue weighted by Crippen LogP contribution is -2.21. The molecule has 0 radical (unpaired) electrons. The Morgan fingerprint density at radius 1 is 1.19 bits per heavy atom. The predicted octanol–water partition coefficient (Wildman–Crippen LogP) is 3.25. The van der Waals surface area contributed by atoms with Gasteiger partial charge in [-0.25, -0.2) is 18.4 Å². The molecule has 3 aromatic rings. The van der Waals surface area contributed by atoms with Crippen molar-refractivity contribution in [3.63, 3.8) is 0 Å². The average molecular weight is 391 g/mol. The van der Waals surface area contributed by atoms with Crippen LogP contribution in [0.5, 0.6) is 0 Å². The molecule has 0 saturated heterocycles. The highest BCUT2D eigenvalue weighted by molar-refractivity contribution is 7.91. The van der Waals surface area contributed by atoms with Gasteiger partial charge in [0.15, 0.2) is 5.58 Å². The van der Waals surface area contributed by atoms with Crippen molar-refractivity contribution in [1.82, 2.24) is 19.4 Å². The van der Waals surface area contributed by atoms with E-state index < -0.39 is 9.84 Å². The van der Waals surface area contributed by atoms with Crippen molar-refractivity contribution < 1.29 is 12.8 Å². The lowest BCUT2D eigenvalue weighted by atomic mass is 10.3. The summed E-state index contributed by atoms with van der Waals surface area (Å²) in [6, 6.07) is 7.67. The average Bonchev–Trinajstić information content (AvgIpc) is 3.23. The number of nitrogens with zero attached hydrogens (tertiary/aromatic N) is 4. The fraction of sp³-hybridized carbons (Fsp3) is 0.474. The van der Waals surface area contributed by atoms with Gasteiger partial charge in [0, 0.05) is 13.1 Å². The quantitative estimate of drug-likeness (QED) is 0.558. The Hall–Kier alpha value is -2.19. The summed E-state index contributed by atoms with van der Waals surface area (Å²) in [5, 5.41) is 0.170. The summed E-state index contributed by atoms with van der Waals surface area (Å²) in [6.07, 6.45) is 3.56. The summed E-state index contributed by atoms with van der Waals surface area (Å²) < 4.78 is 32.3. The van der Waals surface area contributed by atoms with E-state index in [4.69, 9.17) is 4.42 Å². The van der Waals surface area contributed by atoms with Crippen LogP contribution in [-0.4, -0.2) is 40.7 Å². The summed E-state index contributed by atoms with van der Waals surface area (Å²) in [5.74, 6) is 0.689. The molecule has 1 aromatic carbocycles. The molecule has 0 atom stereocenters. The molecule has 27 heavy (non-hydrogen) atoms. The summed E-state index contributed by atoms with van der Waals surface area (Å²) in [6.45, 7) is 5.48. The van der Waals surface area contributed by atoms with Crippen molar-refractivity contribution in [1.29, 1.82) is 0 Å². The van der Waals surface area contributed by atoms with Crippen molar-refractivity contribution in [2.75, 3.05) is 12.8 Å². The minimum atomic E-state index is -3.35. The molecule has 0 N–H and O–H groups in total. The molecule has 0 saturated carbocycles. The van der Waals surface area contributed by atoms with E-state index >= 15 is 0 Å². The minimum absolute atomic E-state index is 0.0499. The maximum atomic E-state index is 12.4. The Kier molecular flexibility index (Phi) is 5.96. The molecule has 146 valence electrons. The Balaban J connectivity index is 1.79. The lowest BCUT2D eigenvalue weighted by molar-refractivity contribution is 0.276. The van der Waals surface area contributed by atoms with Crippen LogP contribution in [0.4, 0.5) is 0 Å². The van der Waals surface area contributed by atoms with E-state index in [1.165, 1.54) is 0 Å². The number of para-hydroxylation sites is 2. The molecular formula is C19H26N4O3S. The highest BCUT2D eigenvalue weighted by Crippen LogP contribution is 2.19. The first-order valence-electron chi connectivity index (χ1n) is 9.24. The van der Waals surface area contributed by atoms with E-state index in [-0.39, 0.29) is 10.9 Å². The van der Waals surface area contributed by atoms with E-state index in [9.17, 15) is 8.42 Å². The van der Waals surface area contributed by atoms with Crippen LogP contribution in [0.2, 0.25) is 0 Å². The van der Waals surface area contributed by atoms with Gasteiger partial charge in [-0.05, 0) is 25.6 Å². The molecule has 0 aliphatic carbocycles. The number of imidazole rings is 1. The zero-order valence-electron chi connectivity index (χ0n) is 16.1. The number of hydrogen-bond acceptors (Lipinski definition) is 6. The van der Waals surface area contributed by atoms with Gasteiger partial charge >= 0.3 is 0 Å². The van der Waals surface area contributed by atoms with Crippen LogP contribution >= 0.6 is 0 Å². The number of oxazole rings is 1. The number of unbranched alkanes of at least 4 members (excludes halogenated alkanes) is 1. The third kappa shape index (κ3) is 4.39. The first-order chi connectivity index (χ1) is 12.9. The van der Waals surface area contributed by atoms with Crippen LogP contribution in [0.1, 0.15) is 38.3 Å². The van der Waals surface area contributed by atoms with Gasteiger partial charge in [0.1, 0.15) is 5.52 Å². The van der Waals surface area contributed by atoms with Gasteiger partial charge < -0.3 is 8.98 Å². The molecule has 0 spiro atoms. The Labute approximate surface area is 159 Å². The highest BCUT2D eigenvalue weighted by atomic mass is 32.2. The lowest BCUT2D eigenvalue weighted by Gasteiger charge is -2.17. The molecule has 8 heteroatoms. The highest BCUT2D eigenvalue weighted by Gasteiger charge is 2.22. The third-order valence-corrected chi connectivity index (χ3v) is 6.11. The van der Waals surface area contributed by atoms with Crippen molar-refractivity contribution in [3.05, 3.63) is 42.0 Å². The molecule has 3 rings (SSSR count). The van der Waals surface area contributed by atoms with Crippen molar-refractivity contribution in [2.45, 2.75) is 51.5 Å². The number of aromatic nitrogens is 3. The van der Waals surface area contributed by atoms with Crippen molar-refractivity contribution in [2.24, 2.45) is 0 Å². The summed E-state index contributed by atoms with van der Waals surface area (Å²) in [5.41, 5.74) is 2.49. The van der Waals surface area contributed by atoms with Gasteiger partial charge in [-0.3, -0.25) is 4.90 Å². The molecule has 0 aliphatic rings. The topological polar surface area (TPSA) is 81.2 Å². The predicted molar refractivity (Wildman–Crippen MR) is 104 cm³/mol. The first kappa shape index (κ1) is 19.6. The molecule has 0 bridgehead atoms. The van der Waals surface area contributed by atoms with Crippen LogP contribution < -0.4 is 0 Å². The molecule has 2 aromatic heterocycles. The van der Waals surface area contributed by atoms with Crippen LogP contribution in [0, 0.1) is 0 Å². The SMILES string of the molecule is CCCCn1c(CN(C)Cc2nc3ccccc3o2)cnc1S(=O)(=O)CC. The molecule has 0 aliphatic heterocycles. The largest absolute Gasteiger partial charge is 0.439 e. The van der Waals surface area contributed by atoms with Gasteiger partial charge in [0.25, 0.3) is 0 Å². The second-order valence-electron chi connectivity index (χ2n) is 6.69. The summed E-state index contributed by atoms with van der Waals surface area (Å²) in [7, 11) is -1.39. The third-order valence-electron chi connectivity index (χ3n) is 4.47. The van der Waals surface area contributed by atoms with Crippen LogP contribution in [0.3, 0.4) is 0 Å². The van der Waals surface area contributed by atoms with Gasteiger partial charge in [-0.15, -0.1) is 0 Å². The van der Waals surface area contributed by atoms with Gasteiger partial charge in [0.05, 0.1) is 24.2 Å². The molecule has 0 fully saturated rings. The summed E-state index contributed by atoms with van der Waals surface area (Å²) in [4.78, 5) is 10.8. The van der Waals surface area contributed by atoms with E-state index in [0.29, 0.717) is 25.5 Å². The monoisotopic (exact) mass is 390 g/mol. The Bertz CT molecular complexity index is 974.